The number of hydrogen-bond donors (Lipinski definition) is 2. The molecule has 0 saturated heterocycles. The summed E-state index contributed by atoms with van der Waals surface area (Å²) in [5.74, 6) is 0.869. The monoisotopic (exact) mass is 362 g/mol. The van der Waals surface area contributed by atoms with Crippen LogP contribution in [0.3, 0.4) is 0 Å². The van der Waals surface area contributed by atoms with Gasteiger partial charge >= 0.3 is 6.09 Å². The van der Waals surface area contributed by atoms with E-state index in [0.29, 0.717) is 17.4 Å². The molecule has 1 rings (SSSR count). The SMILES string of the molecule is C=C/C=C\C=C(/C=C)Nc1nccc(NC(=O)OC(/C=C\C=C)=C/C=C)n1. The Morgan fingerprint density at radius 3 is 2.44 bits per heavy atom. The van der Waals surface area contributed by atoms with Gasteiger partial charge in [0.15, 0.2) is 0 Å². The summed E-state index contributed by atoms with van der Waals surface area (Å²) in [6.07, 6.45) is 17.3. The number of carbonyl (C=O) groups excluding carboxylic acids is 1. The van der Waals surface area contributed by atoms with E-state index in [-0.39, 0.29) is 5.82 Å². The number of anilines is 2. The van der Waals surface area contributed by atoms with Gasteiger partial charge in [-0.05, 0) is 30.4 Å². The Morgan fingerprint density at radius 1 is 1.00 bits per heavy atom. The van der Waals surface area contributed by atoms with Crippen LogP contribution in [0.2, 0.25) is 0 Å². The zero-order valence-corrected chi connectivity index (χ0v) is 15.0. The number of carbonyl (C=O) groups is 1. The van der Waals surface area contributed by atoms with E-state index in [1.165, 1.54) is 18.3 Å². The molecule has 0 bridgehead atoms. The normalized spacial score (nSPS) is 11.9. The second-order valence-electron chi connectivity index (χ2n) is 4.75. The Kier molecular flexibility index (Phi) is 9.72. The van der Waals surface area contributed by atoms with Gasteiger partial charge in [-0.25, -0.2) is 9.78 Å². The van der Waals surface area contributed by atoms with E-state index in [1.807, 2.05) is 0 Å². The summed E-state index contributed by atoms with van der Waals surface area (Å²) >= 11 is 0. The second kappa shape index (κ2) is 12.4. The highest BCUT2D eigenvalue weighted by Crippen LogP contribution is 2.10. The molecule has 6 nitrogen and oxygen atoms in total. The molecule has 0 aliphatic carbocycles. The van der Waals surface area contributed by atoms with Gasteiger partial charge < -0.3 is 10.1 Å². The summed E-state index contributed by atoms with van der Waals surface area (Å²) in [6, 6.07) is 1.54. The molecule has 1 heterocycles. The van der Waals surface area contributed by atoms with E-state index in [9.17, 15) is 4.79 Å². The first-order chi connectivity index (χ1) is 13.1. The highest BCUT2D eigenvalue weighted by molar-refractivity contribution is 5.84. The number of aromatic nitrogens is 2. The first-order valence-corrected chi connectivity index (χ1v) is 7.95. The summed E-state index contributed by atoms with van der Waals surface area (Å²) in [6.45, 7) is 14.5. The highest BCUT2D eigenvalue weighted by Gasteiger charge is 2.07. The van der Waals surface area contributed by atoms with Gasteiger partial charge in [-0.15, -0.1) is 0 Å². The molecule has 138 valence electrons. The van der Waals surface area contributed by atoms with Gasteiger partial charge in [-0.1, -0.05) is 62.8 Å². The van der Waals surface area contributed by atoms with Crippen LogP contribution in [0.4, 0.5) is 16.6 Å². The molecule has 0 fully saturated rings. The van der Waals surface area contributed by atoms with Crippen molar-refractivity contribution in [1.29, 1.82) is 0 Å². The Hall–Kier alpha value is -3.93. The lowest BCUT2D eigenvalue weighted by atomic mass is 10.3. The standard InChI is InChI=1S/C21H22N4O2/c1-5-9-11-13-17(8-4)23-20-22-16-15-19(24-20)25-21(26)27-18(12-7-3)14-10-6-2/h5-16H,1-4H2,(H2,22,23,24,25,26)/b11-9-,14-10-,17-13+,18-12+. The van der Waals surface area contributed by atoms with Crippen molar-refractivity contribution in [3.05, 3.63) is 111 Å². The molecule has 27 heavy (non-hydrogen) atoms. The average Bonchev–Trinajstić information content (AvgIpc) is 2.66. The van der Waals surface area contributed by atoms with Crippen molar-refractivity contribution in [2.75, 3.05) is 10.6 Å². The first-order valence-electron chi connectivity index (χ1n) is 7.95. The zero-order chi connectivity index (χ0) is 19.9. The van der Waals surface area contributed by atoms with Crippen molar-refractivity contribution >= 4 is 17.9 Å². The van der Waals surface area contributed by atoms with E-state index in [1.54, 1.807) is 54.7 Å². The van der Waals surface area contributed by atoms with Crippen LogP contribution >= 0.6 is 0 Å². The topological polar surface area (TPSA) is 76.1 Å². The maximum absolute atomic E-state index is 12.0. The molecule has 2 N–H and O–H groups in total. The number of rotatable bonds is 10. The summed E-state index contributed by atoms with van der Waals surface area (Å²) in [7, 11) is 0. The van der Waals surface area contributed by atoms with Crippen LogP contribution in [0.1, 0.15) is 0 Å². The fraction of sp³-hybridized carbons (Fsp3) is 0. The molecule has 0 radical (unpaired) electrons. The molecule has 0 aliphatic rings. The maximum Gasteiger partial charge on any atom is 0.418 e. The predicted octanol–water partition coefficient (Wildman–Crippen LogP) is 5.06. The fourth-order valence-corrected chi connectivity index (χ4v) is 1.66. The van der Waals surface area contributed by atoms with E-state index >= 15 is 0 Å². The van der Waals surface area contributed by atoms with Gasteiger partial charge in [0, 0.05) is 11.9 Å². The minimum atomic E-state index is -0.699. The third-order valence-electron chi connectivity index (χ3n) is 2.77. The molecule has 0 aromatic carbocycles. The Labute approximate surface area is 159 Å². The van der Waals surface area contributed by atoms with Crippen molar-refractivity contribution in [3.63, 3.8) is 0 Å². The summed E-state index contributed by atoms with van der Waals surface area (Å²) in [5, 5.41) is 5.52. The Balaban J connectivity index is 2.82. The van der Waals surface area contributed by atoms with Crippen molar-refractivity contribution in [2.45, 2.75) is 0 Å². The van der Waals surface area contributed by atoms with E-state index in [0.717, 1.165) is 0 Å². The fourth-order valence-electron chi connectivity index (χ4n) is 1.66. The summed E-state index contributed by atoms with van der Waals surface area (Å²) in [4.78, 5) is 20.3. The van der Waals surface area contributed by atoms with Crippen LogP contribution in [0.25, 0.3) is 0 Å². The number of hydrogen-bond acceptors (Lipinski definition) is 5. The third kappa shape index (κ3) is 8.64. The minimum absolute atomic E-state index is 0.271. The van der Waals surface area contributed by atoms with Gasteiger partial charge in [0.25, 0.3) is 0 Å². The van der Waals surface area contributed by atoms with Crippen molar-refractivity contribution < 1.29 is 9.53 Å². The molecular formula is C21H22N4O2. The van der Waals surface area contributed by atoms with Gasteiger partial charge in [-0.2, -0.15) is 4.98 Å². The lowest BCUT2D eigenvalue weighted by Gasteiger charge is -2.08. The van der Waals surface area contributed by atoms with Gasteiger partial charge in [0.2, 0.25) is 5.95 Å². The molecule has 6 heteroatoms. The molecule has 0 aliphatic heterocycles. The molecule has 0 saturated carbocycles. The van der Waals surface area contributed by atoms with Crippen LogP contribution in [-0.2, 0) is 4.74 Å². The number of nitrogens with one attached hydrogen (secondary N) is 2. The van der Waals surface area contributed by atoms with Crippen LogP contribution < -0.4 is 10.6 Å². The van der Waals surface area contributed by atoms with Gasteiger partial charge in [0.1, 0.15) is 11.6 Å². The summed E-state index contributed by atoms with van der Waals surface area (Å²) in [5.41, 5.74) is 0.679. The predicted molar refractivity (Wildman–Crippen MR) is 111 cm³/mol. The Bertz CT molecular complexity index is 817. The molecule has 1 aromatic rings. The number of amides is 1. The van der Waals surface area contributed by atoms with E-state index < -0.39 is 6.09 Å². The van der Waals surface area contributed by atoms with Gasteiger partial charge in [0.05, 0.1) is 0 Å². The van der Waals surface area contributed by atoms with Crippen LogP contribution in [0.5, 0.6) is 0 Å². The molecule has 0 atom stereocenters. The molecule has 1 aromatic heterocycles. The van der Waals surface area contributed by atoms with E-state index in [4.69, 9.17) is 4.74 Å². The van der Waals surface area contributed by atoms with Crippen molar-refractivity contribution in [2.24, 2.45) is 0 Å². The number of nitrogens with zero attached hydrogens (tertiary/aromatic N) is 2. The number of ether oxygens (including phenoxy) is 1. The summed E-state index contributed by atoms with van der Waals surface area (Å²) < 4.78 is 5.18. The van der Waals surface area contributed by atoms with Crippen LogP contribution in [0.15, 0.2) is 111 Å². The molecule has 0 spiro atoms. The lowest BCUT2D eigenvalue weighted by molar-refractivity contribution is 0.194. The molecule has 0 unspecified atom stereocenters. The van der Waals surface area contributed by atoms with Crippen molar-refractivity contribution in [3.8, 4) is 0 Å². The van der Waals surface area contributed by atoms with Crippen LogP contribution in [-0.4, -0.2) is 16.1 Å². The smallest absolute Gasteiger partial charge is 0.410 e. The molecular weight excluding hydrogens is 340 g/mol. The zero-order valence-electron chi connectivity index (χ0n) is 15.0. The molecule has 1 amide bonds. The quantitative estimate of drug-likeness (QED) is 0.449. The Morgan fingerprint density at radius 2 is 1.78 bits per heavy atom. The van der Waals surface area contributed by atoms with Gasteiger partial charge in [-0.3, -0.25) is 5.32 Å². The highest BCUT2D eigenvalue weighted by atomic mass is 16.6. The first kappa shape index (κ1) is 21.1. The third-order valence-corrected chi connectivity index (χ3v) is 2.77. The van der Waals surface area contributed by atoms with Crippen molar-refractivity contribution in [1.82, 2.24) is 9.97 Å². The van der Waals surface area contributed by atoms with Crippen LogP contribution in [0, 0.1) is 0 Å². The second-order valence-corrected chi connectivity index (χ2v) is 4.75. The lowest BCUT2D eigenvalue weighted by Crippen LogP contribution is -2.14. The largest absolute Gasteiger partial charge is 0.418 e. The average molecular weight is 362 g/mol. The maximum atomic E-state index is 12.0. The number of allylic oxidation sites excluding steroid dienone is 10. The minimum Gasteiger partial charge on any atom is -0.410 e. The van der Waals surface area contributed by atoms with E-state index in [2.05, 4.69) is 46.9 Å².